The molecule has 1 aromatic rings. The van der Waals surface area contributed by atoms with Gasteiger partial charge in [-0.05, 0) is 42.4 Å². The average molecular weight is 201 g/mol. The normalized spacial score (nSPS) is 16.3. The molecular formula is C14H19N. The van der Waals surface area contributed by atoms with Gasteiger partial charge in [-0.3, -0.25) is 0 Å². The Morgan fingerprint density at radius 1 is 1.07 bits per heavy atom. The van der Waals surface area contributed by atoms with Crippen LogP contribution >= 0.6 is 0 Å². The van der Waals surface area contributed by atoms with E-state index in [0.29, 0.717) is 6.54 Å². The topological polar surface area (TPSA) is 26.0 Å². The zero-order chi connectivity index (χ0) is 10.5. The van der Waals surface area contributed by atoms with Crippen molar-refractivity contribution in [2.24, 2.45) is 5.73 Å². The lowest BCUT2D eigenvalue weighted by molar-refractivity contribution is 0.711. The van der Waals surface area contributed by atoms with Crippen molar-refractivity contribution in [2.45, 2.75) is 32.1 Å². The molecule has 0 saturated heterocycles. The number of fused-ring (bicyclic) bond motifs is 1. The first-order valence-electron chi connectivity index (χ1n) is 5.88. The molecule has 0 atom stereocenters. The van der Waals surface area contributed by atoms with Gasteiger partial charge in [-0.15, -0.1) is 0 Å². The Hall–Kier alpha value is -1.08. The van der Waals surface area contributed by atoms with E-state index in [-0.39, 0.29) is 0 Å². The van der Waals surface area contributed by atoms with Crippen LogP contribution in [0.25, 0.3) is 6.08 Å². The second-order valence-electron chi connectivity index (χ2n) is 4.23. The molecule has 0 radical (unpaired) electrons. The Kier molecular flexibility index (Phi) is 3.57. The number of nitrogens with two attached hydrogens (primary N) is 1. The monoisotopic (exact) mass is 201 g/mol. The van der Waals surface area contributed by atoms with Gasteiger partial charge in [-0.25, -0.2) is 0 Å². The van der Waals surface area contributed by atoms with Crippen LogP contribution in [0.15, 0.2) is 24.3 Å². The molecule has 0 aromatic heterocycles. The van der Waals surface area contributed by atoms with Crippen molar-refractivity contribution in [1.82, 2.24) is 0 Å². The Morgan fingerprint density at radius 2 is 1.87 bits per heavy atom. The minimum atomic E-state index is 0.622. The van der Waals surface area contributed by atoms with Gasteiger partial charge in [0, 0.05) is 6.54 Å². The molecule has 0 unspecified atom stereocenters. The average Bonchev–Trinajstić information content (AvgIpc) is 2.50. The Balaban J connectivity index is 2.23. The lowest BCUT2D eigenvalue weighted by Crippen LogP contribution is -1.93. The fourth-order valence-electron chi connectivity index (χ4n) is 2.24. The van der Waals surface area contributed by atoms with Gasteiger partial charge in [0.15, 0.2) is 0 Å². The Labute approximate surface area is 92.0 Å². The second kappa shape index (κ2) is 5.13. The van der Waals surface area contributed by atoms with Crippen molar-refractivity contribution >= 4 is 6.08 Å². The van der Waals surface area contributed by atoms with Gasteiger partial charge in [0.2, 0.25) is 0 Å². The highest BCUT2D eigenvalue weighted by atomic mass is 14.5. The molecule has 0 amide bonds. The fourth-order valence-corrected chi connectivity index (χ4v) is 2.24. The van der Waals surface area contributed by atoms with E-state index in [0.717, 1.165) is 0 Å². The molecule has 1 aliphatic rings. The largest absolute Gasteiger partial charge is 0.327 e. The summed E-state index contributed by atoms with van der Waals surface area (Å²) in [4.78, 5) is 0. The summed E-state index contributed by atoms with van der Waals surface area (Å²) in [5.74, 6) is 0. The minimum absolute atomic E-state index is 0.622. The first kappa shape index (κ1) is 10.4. The van der Waals surface area contributed by atoms with Crippen molar-refractivity contribution in [2.75, 3.05) is 6.54 Å². The molecule has 15 heavy (non-hydrogen) atoms. The predicted molar refractivity (Wildman–Crippen MR) is 65.8 cm³/mol. The van der Waals surface area contributed by atoms with E-state index >= 15 is 0 Å². The highest BCUT2D eigenvalue weighted by Crippen LogP contribution is 2.22. The van der Waals surface area contributed by atoms with Gasteiger partial charge >= 0.3 is 0 Å². The summed E-state index contributed by atoms with van der Waals surface area (Å²) < 4.78 is 0. The lowest BCUT2D eigenvalue weighted by Gasteiger charge is -2.06. The van der Waals surface area contributed by atoms with E-state index in [4.69, 9.17) is 5.73 Å². The number of hydrogen-bond donors (Lipinski definition) is 1. The summed E-state index contributed by atoms with van der Waals surface area (Å²) in [6, 6.07) is 6.82. The highest BCUT2D eigenvalue weighted by molar-refractivity contribution is 5.52. The molecule has 0 heterocycles. The SMILES string of the molecule is NC/C=C/c1ccc2c(c1)CCCCC2. The lowest BCUT2D eigenvalue weighted by atomic mass is 10.00. The van der Waals surface area contributed by atoms with Gasteiger partial charge in [-0.1, -0.05) is 36.8 Å². The van der Waals surface area contributed by atoms with Crippen LogP contribution in [0.4, 0.5) is 0 Å². The van der Waals surface area contributed by atoms with Crippen molar-refractivity contribution in [3.05, 3.63) is 41.0 Å². The third-order valence-electron chi connectivity index (χ3n) is 3.07. The first-order chi connectivity index (χ1) is 7.40. The van der Waals surface area contributed by atoms with Crippen LogP contribution in [-0.2, 0) is 12.8 Å². The van der Waals surface area contributed by atoms with E-state index in [1.54, 1.807) is 11.1 Å². The van der Waals surface area contributed by atoms with Gasteiger partial charge in [-0.2, -0.15) is 0 Å². The zero-order valence-corrected chi connectivity index (χ0v) is 9.21. The number of hydrogen-bond acceptors (Lipinski definition) is 1. The maximum atomic E-state index is 5.45. The van der Waals surface area contributed by atoms with Crippen LogP contribution in [0.2, 0.25) is 0 Å². The molecule has 0 bridgehead atoms. The molecule has 0 saturated carbocycles. The van der Waals surface area contributed by atoms with Crippen LogP contribution < -0.4 is 5.73 Å². The molecule has 1 nitrogen and oxygen atoms in total. The van der Waals surface area contributed by atoms with Gasteiger partial charge in [0.25, 0.3) is 0 Å². The maximum Gasteiger partial charge on any atom is 0.0110 e. The van der Waals surface area contributed by atoms with E-state index in [9.17, 15) is 0 Å². The summed E-state index contributed by atoms with van der Waals surface area (Å²) in [6.45, 7) is 0.622. The number of rotatable bonds is 2. The molecule has 80 valence electrons. The smallest absolute Gasteiger partial charge is 0.0110 e. The van der Waals surface area contributed by atoms with Crippen molar-refractivity contribution < 1.29 is 0 Å². The predicted octanol–water partition coefficient (Wildman–Crippen LogP) is 2.93. The van der Waals surface area contributed by atoms with Crippen LogP contribution in [0.1, 0.15) is 36.0 Å². The Morgan fingerprint density at radius 3 is 2.67 bits per heavy atom. The quantitative estimate of drug-likeness (QED) is 0.731. The summed E-state index contributed by atoms with van der Waals surface area (Å²) in [7, 11) is 0. The summed E-state index contributed by atoms with van der Waals surface area (Å²) in [5, 5.41) is 0. The molecule has 2 rings (SSSR count). The van der Waals surface area contributed by atoms with Gasteiger partial charge in [0.05, 0.1) is 0 Å². The zero-order valence-electron chi connectivity index (χ0n) is 9.21. The molecule has 1 aromatic carbocycles. The third kappa shape index (κ3) is 2.69. The van der Waals surface area contributed by atoms with Crippen molar-refractivity contribution in [3.8, 4) is 0 Å². The van der Waals surface area contributed by atoms with Crippen LogP contribution in [0, 0.1) is 0 Å². The van der Waals surface area contributed by atoms with Gasteiger partial charge < -0.3 is 5.73 Å². The van der Waals surface area contributed by atoms with E-state index in [2.05, 4.69) is 24.3 Å². The number of aryl methyl sites for hydroxylation is 2. The Bertz CT molecular complexity index is 352. The maximum absolute atomic E-state index is 5.45. The van der Waals surface area contributed by atoms with Gasteiger partial charge in [0.1, 0.15) is 0 Å². The standard InChI is InChI=1S/C14H19N/c15-10-4-5-12-8-9-13-6-2-1-3-7-14(13)11-12/h4-5,8-9,11H,1-3,6-7,10,15H2/b5-4+. The van der Waals surface area contributed by atoms with Crippen LogP contribution in [0.3, 0.4) is 0 Å². The van der Waals surface area contributed by atoms with E-state index < -0.39 is 0 Å². The second-order valence-corrected chi connectivity index (χ2v) is 4.23. The highest BCUT2D eigenvalue weighted by Gasteiger charge is 2.07. The fraction of sp³-hybridized carbons (Fsp3) is 0.429. The van der Waals surface area contributed by atoms with Crippen molar-refractivity contribution in [3.63, 3.8) is 0 Å². The number of benzene rings is 1. The molecule has 2 N–H and O–H groups in total. The van der Waals surface area contributed by atoms with Crippen molar-refractivity contribution in [1.29, 1.82) is 0 Å². The molecular weight excluding hydrogens is 182 g/mol. The van der Waals surface area contributed by atoms with E-state index in [1.807, 2.05) is 6.08 Å². The van der Waals surface area contributed by atoms with Crippen LogP contribution in [0.5, 0.6) is 0 Å². The summed E-state index contributed by atoms with van der Waals surface area (Å²) in [5.41, 5.74) is 9.85. The minimum Gasteiger partial charge on any atom is -0.327 e. The molecule has 0 spiro atoms. The third-order valence-corrected chi connectivity index (χ3v) is 3.07. The molecule has 1 heteroatoms. The van der Waals surface area contributed by atoms with E-state index in [1.165, 1.54) is 37.7 Å². The summed E-state index contributed by atoms with van der Waals surface area (Å²) in [6.07, 6.45) is 10.7. The molecule has 0 aliphatic heterocycles. The first-order valence-corrected chi connectivity index (χ1v) is 5.88. The van der Waals surface area contributed by atoms with Crippen LogP contribution in [-0.4, -0.2) is 6.54 Å². The summed E-state index contributed by atoms with van der Waals surface area (Å²) >= 11 is 0. The molecule has 0 fully saturated rings. The molecule has 1 aliphatic carbocycles.